The first kappa shape index (κ1) is 18.0. The fraction of sp³-hybridized carbons (Fsp3) is 0.522. The Morgan fingerprint density at radius 2 is 1.68 bits per heavy atom. The Hall–Kier alpha value is -2.01. The van der Waals surface area contributed by atoms with Crippen LogP contribution in [0.15, 0.2) is 35.7 Å². The largest absolute Gasteiger partial charge is 0.497 e. The van der Waals surface area contributed by atoms with Gasteiger partial charge in [0.05, 0.1) is 12.0 Å². The van der Waals surface area contributed by atoms with Gasteiger partial charge in [0.1, 0.15) is 18.1 Å². The fourth-order valence-electron chi connectivity index (χ4n) is 5.79. The molecule has 1 heterocycles. The zero-order chi connectivity index (χ0) is 19.1. The Morgan fingerprint density at radius 1 is 1.04 bits per heavy atom. The van der Waals surface area contributed by atoms with Gasteiger partial charge in [-0.2, -0.15) is 0 Å². The van der Waals surface area contributed by atoms with Gasteiger partial charge in [0.25, 0.3) is 5.91 Å². The monoisotopic (exact) mass is 397 g/mol. The van der Waals surface area contributed by atoms with E-state index >= 15 is 0 Å². The maximum Gasteiger partial charge on any atom is 0.261 e. The minimum Gasteiger partial charge on any atom is -0.497 e. The smallest absolute Gasteiger partial charge is 0.261 e. The highest BCUT2D eigenvalue weighted by Crippen LogP contribution is 2.53. The van der Waals surface area contributed by atoms with Crippen LogP contribution in [0.2, 0.25) is 0 Å². The molecular formula is C23H27NO3S. The first-order valence-corrected chi connectivity index (χ1v) is 11.2. The molecule has 5 heteroatoms. The molecule has 148 valence electrons. The molecule has 0 saturated heterocycles. The van der Waals surface area contributed by atoms with E-state index in [-0.39, 0.29) is 5.91 Å². The van der Waals surface area contributed by atoms with Gasteiger partial charge < -0.3 is 14.8 Å². The summed E-state index contributed by atoms with van der Waals surface area (Å²) in [5, 5.41) is 5.42. The van der Waals surface area contributed by atoms with E-state index in [1.807, 2.05) is 35.7 Å². The third-order valence-corrected chi connectivity index (χ3v) is 7.84. The topological polar surface area (TPSA) is 47.6 Å². The van der Waals surface area contributed by atoms with Gasteiger partial charge >= 0.3 is 0 Å². The third kappa shape index (κ3) is 3.52. The Bertz CT molecular complexity index is 816. The number of hydrogen-bond donors (Lipinski definition) is 1. The maximum atomic E-state index is 12.8. The normalized spacial score (nSPS) is 30.2. The van der Waals surface area contributed by atoms with E-state index < -0.39 is 0 Å². The van der Waals surface area contributed by atoms with E-state index in [1.165, 1.54) is 43.4 Å². The molecule has 28 heavy (non-hydrogen) atoms. The zero-order valence-electron chi connectivity index (χ0n) is 16.2. The summed E-state index contributed by atoms with van der Waals surface area (Å²) in [6.45, 7) is 0.466. The fourth-order valence-corrected chi connectivity index (χ4v) is 6.59. The number of carbonyl (C=O) groups is 1. The predicted octanol–water partition coefficient (Wildman–Crippen LogP) is 4.89. The summed E-state index contributed by atoms with van der Waals surface area (Å²) in [5.41, 5.74) is 1.04. The Balaban J connectivity index is 1.18. The Labute approximate surface area is 170 Å². The SMILES string of the molecule is COc1ccc(OCc2csc(C(=O)NC3C4CC5CC(C4)CC3C5)c2)cc1. The molecule has 1 amide bonds. The minimum atomic E-state index is 0.0955. The molecule has 4 aliphatic rings. The molecule has 0 spiro atoms. The highest BCUT2D eigenvalue weighted by Gasteiger charge is 2.48. The van der Waals surface area contributed by atoms with Crippen molar-refractivity contribution in [2.45, 2.75) is 44.8 Å². The Morgan fingerprint density at radius 3 is 2.32 bits per heavy atom. The summed E-state index contributed by atoms with van der Waals surface area (Å²) in [5.74, 6) is 4.98. The summed E-state index contributed by atoms with van der Waals surface area (Å²) >= 11 is 1.51. The quantitative estimate of drug-likeness (QED) is 0.755. The molecule has 1 N–H and O–H groups in total. The third-order valence-electron chi connectivity index (χ3n) is 6.87. The first-order chi connectivity index (χ1) is 13.7. The zero-order valence-corrected chi connectivity index (χ0v) is 17.0. The lowest BCUT2D eigenvalue weighted by atomic mass is 9.54. The number of methoxy groups -OCH3 is 1. The summed E-state index contributed by atoms with van der Waals surface area (Å²) in [7, 11) is 1.65. The lowest BCUT2D eigenvalue weighted by molar-refractivity contribution is -0.0119. The number of amides is 1. The van der Waals surface area contributed by atoms with Crippen LogP contribution in [0.4, 0.5) is 0 Å². The van der Waals surface area contributed by atoms with Gasteiger partial charge in [-0.1, -0.05) is 0 Å². The number of benzene rings is 1. The molecule has 1 aromatic carbocycles. The van der Waals surface area contributed by atoms with Gasteiger partial charge in [0.2, 0.25) is 0 Å². The maximum absolute atomic E-state index is 12.8. The van der Waals surface area contributed by atoms with Crippen molar-refractivity contribution < 1.29 is 14.3 Å². The number of hydrogen-bond acceptors (Lipinski definition) is 4. The molecule has 0 radical (unpaired) electrons. The van der Waals surface area contributed by atoms with E-state index in [9.17, 15) is 4.79 Å². The number of carbonyl (C=O) groups excluding carboxylic acids is 1. The van der Waals surface area contributed by atoms with Crippen molar-refractivity contribution in [3.05, 3.63) is 46.2 Å². The van der Waals surface area contributed by atoms with Crippen molar-refractivity contribution >= 4 is 17.2 Å². The summed E-state index contributed by atoms with van der Waals surface area (Å²) in [6.07, 6.45) is 6.73. The van der Waals surface area contributed by atoms with Crippen LogP contribution in [0.3, 0.4) is 0 Å². The van der Waals surface area contributed by atoms with Crippen molar-refractivity contribution in [1.82, 2.24) is 5.32 Å². The summed E-state index contributed by atoms with van der Waals surface area (Å²) in [6, 6.07) is 9.91. The highest BCUT2D eigenvalue weighted by atomic mass is 32.1. The van der Waals surface area contributed by atoms with Gasteiger partial charge in [-0.3, -0.25) is 4.79 Å². The lowest BCUT2D eigenvalue weighted by Crippen LogP contribution is -2.55. The summed E-state index contributed by atoms with van der Waals surface area (Å²) < 4.78 is 11.0. The van der Waals surface area contributed by atoms with E-state index in [4.69, 9.17) is 9.47 Å². The van der Waals surface area contributed by atoms with Gasteiger partial charge in [0, 0.05) is 11.6 Å². The molecular weight excluding hydrogens is 370 g/mol. The lowest BCUT2D eigenvalue weighted by Gasteiger charge is -2.54. The van der Waals surface area contributed by atoms with Crippen molar-refractivity contribution in [2.24, 2.45) is 23.7 Å². The van der Waals surface area contributed by atoms with Crippen molar-refractivity contribution in [3.63, 3.8) is 0 Å². The Kier molecular flexibility index (Phi) is 4.79. The molecule has 4 aliphatic carbocycles. The first-order valence-electron chi connectivity index (χ1n) is 10.3. The van der Waals surface area contributed by atoms with Gasteiger partial charge in [0.15, 0.2) is 0 Å². The second-order valence-corrected chi connectivity index (χ2v) is 9.62. The molecule has 4 fully saturated rings. The van der Waals surface area contributed by atoms with Crippen LogP contribution in [-0.2, 0) is 6.61 Å². The van der Waals surface area contributed by atoms with Gasteiger partial charge in [-0.25, -0.2) is 0 Å². The van der Waals surface area contributed by atoms with Gasteiger partial charge in [-0.05, 0) is 91.5 Å². The molecule has 4 nitrogen and oxygen atoms in total. The minimum absolute atomic E-state index is 0.0955. The van der Waals surface area contributed by atoms with Crippen LogP contribution >= 0.6 is 11.3 Å². The molecule has 0 unspecified atom stereocenters. The van der Waals surface area contributed by atoms with E-state index in [0.717, 1.165) is 33.8 Å². The molecule has 0 atom stereocenters. The summed E-state index contributed by atoms with van der Waals surface area (Å²) in [4.78, 5) is 13.6. The molecule has 4 bridgehead atoms. The van der Waals surface area contributed by atoms with Crippen LogP contribution in [0.25, 0.3) is 0 Å². The average Bonchev–Trinajstić information content (AvgIpc) is 3.18. The van der Waals surface area contributed by atoms with Crippen LogP contribution in [0, 0.1) is 23.7 Å². The van der Waals surface area contributed by atoms with E-state index in [0.29, 0.717) is 24.5 Å². The number of nitrogens with one attached hydrogen (secondary N) is 1. The van der Waals surface area contributed by atoms with Gasteiger partial charge in [-0.15, -0.1) is 11.3 Å². The number of thiophene rings is 1. The molecule has 4 saturated carbocycles. The van der Waals surface area contributed by atoms with Crippen LogP contribution in [-0.4, -0.2) is 19.1 Å². The standard InChI is InChI=1S/C23H27NO3S/c1-26-19-2-4-20(5-3-19)27-12-16-11-21(28-13-16)23(25)24-22-17-7-14-6-15(9-17)10-18(22)8-14/h2-5,11,13-15,17-18,22H,6-10,12H2,1H3,(H,24,25). The molecule has 0 aliphatic heterocycles. The number of ether oxygens (including phenoxy) is 2. The second kappa shape index (κ2) is 7.43. The van der Waals surface area contributed by atoms with E-state index in [1.54, 1.807) is 7.11 Å². The average molecular weight is 398 g/mol. The van der Waals surface area contributed by atoms with Crippen molar-refractivity contribution in [3.8, 4) is 11.5 Å². The molecule has 2 aromatic rings. The van der Waals surface area contributed by atoms with Crippen molar-refractivity contribution in [1.29, 1.82) is 0 Å². The van der Waals surface area contributed by atoms with E-state index in [2.05, 4.69) is 5.32 Å². The number of rotatable bonds is 6. The molecule has 1 aromatic heterocycles. The predicted molar refractivity (Wildman–Crippen MR) is 110 cm³/mol. The van der Waals surface area contributed by atoms with Crippen LogP contribution in [0.5, 0.6) is 11.5 Å². The van der Waals surface area contributed by atoms with Crippen LogP contribution in [0.1, 0.15) is 47.3 Å². The van der Waals surface area contributed by atoms with Crippen molar-refractivity contribution in [2.75, 3.05) is 7.11 Å². The van der Waals surface area contributed by atoms with Crippen LogP contribution < -0.4 is 14.8 Å². The highest BCUT2D eigenvalue weighted by molar-refractivity contribution is 7.12. The second-order valence-electron chi connectivity index (χ2n) is 8.71. The molecule has 6 rings (SSSR count).